The molecule has 148 valence electrons. The van der Waals surface area contributed by atoms with Gasteiger partial charge < -0.3 is 5.32 Å². The van der Waals surface area contributed by atoms with E-state index in [0.29, 0.717) is 0 Å². The topological polar surface area (TPSA) is 12.0 Å². The van der Waals surface area contributed by atoms with Crippen LogP contribution in [0, 0.1) is 6.92 Å². The zero-order valence-electron chi connectivity index (χ0n) is 17.8. The highest BCUT2D eigenvalue weighted by atomic mass is 14.9. The summed E-state index contributed by atoms with van der Waals surface area (Å²) in [5, 5.41) is 3.65. The summed E-state index contributed by atoms with van der Waals surface area (Å²) in [4.78, 5) is 0. The van der Waals surface area contributed by atoms with Crippen molar-refractivity contribution in [3.8, 4) is 0 Å². The van der Waals surface area contributed by atoms with Gasteiger partial charge in [0.1, 0.15) is 0 Å². The highest BCUT2D eigenvalue weighted by molar-refractivity contribution is 5.71. The van der Waals surface area contributed by atoms with Gasteiger partial charge in [0.15, 0.2) is 0 Å². The first-order valence-electron chi connectivity index (χ1n) is 10.8. The summed E-state index contributed by atoms with van der Waals surface area (Å²) in [6.45, 7) is 13.7. The van der Waals surface area contributed by atoms with Gasteiger partial charge in [-0.25, -0.2) is 0 Å². The van der Waals surface area contributed by atoms with Gasteiger partial charge in [-0.15, -0.1) is 0 Å². The third-order valence-corrected chi connectivity index (χ3v) is 6.45. The Bertz CT molecular complexity index is 1030. The minimum Gasteiger partial charge on any atom is -0.380 e. The van der Waals surface area contributed by atoms with Crippen LogP contribution in [0.5, 0.6) is 0 Å². The van der Waals surface area contributed by atoms with Crippen molar-refractivity contribution in [1.82, 2.24) is 5.32 Å². The van der Waals surface area contributed by atoms with Crippen LogP contribution in [0.4, 0.5) is 0 Å². The monoisotopic (exact) mass is 381 g/mol. The molecule has 0 unspecified atom stereocenters. The summed E-state index contributed by atoms with van der Waals surface area (Å²) in [5.74, 6) is 0. The van der Waals surface area contributed by atoms with Crippen molar-refractivity contribution in [2.45, 2.75) is 52.5 Å². The molecular formula is C28H31N. The normalized spacial score (nSPS) is 16.1. The Morgan fingerprint density at radius 2 is 1.83 bits per heavy atom. The van der Waals surface area contributed by atoms with E-state index in [0.717, 1.165) is 30.5 Å². The van der Waals surface area contributed by atoms with Crippen LogP contribution in [0.2, 0.25) is 0 Å². The minimum absolute atomic E-state index is 0.854. The lowest BCUT2D eigenvalue weighted by Crippen LogP contribution is -2.25. The Morgan fingerprint density at radius 1 is 1.03 bits per heavy atom. The Hall–Kier alpha value is -2.80. The molecule has 29 heavy (non-hydrogen) atoms. The third-order valence-electron chi connectivity index (χ3n) is 6.45. The van der Waals surface area contributed by atoms with Gasteiger partial charge in [-0.1, -0.05) is 61.7 Å². The molecule has 0 amide bonds. The van der Waals surface area contributed by atoms with Crippen molar-refractivity contribution in [3.05, 3.63) is 112 Å². The molecule has 0 heterocycles. The summed E-state index contributed by atoms with van der Waals surface area (Å²) in [5.41, 5.74) is 13.2. The van der Waals surface area contributed by atoms with Crippen LogP contribution in [0.1, 0.15) is 54.0 Å². The highest BCUT2D eigenvalue weighted by Crippen LogP contribution is 2.40. The van der Waals surface area contributed by atoms with Crippen molar-refractivity contribution in [1.29, 1.82) is 0 Å². The third kappa shape index (κ3) is 3.87. The van der Waals surface area contributed by atoms with E-state index in [4.69, 9.17) is 0 Å². The van der Waals surface area contributed by atoms with Gasteiger partial charge >= 0.3 is 0 Å². The SMILES string of the molecule is C=C1C(=C)C(NCc2ccc3c(c2)CCC3)=C1CC/C(=C/C)c1ccccc1C. The fourth-order valence-corrected chi connectivity index (χ4v) is 4.65. The molecule has 0 saturated carbocycles. The lowest BCUT2D eigenvalue weighted by atomic mass is 9.80. The van der Waals surface area contributed by atoms with Crippen molar-refractivity contribution >= 4 is 5.57 Å². The van der Waals surface area contributed by atoms with Crippen LogP contribution in [0.25, 0.3) is 5.57 Å². The summed E-state index contributed by atoms with van der Waals surface area (Å²) < 4.78 is 0. The lowest BCUT2D eigenvalue weighted by Gasteiger charge is -2.31. The van der Waals surface area contributed by atoms with E-state index in [-0.39, 0.29) is 0 Å². The second-order valence-electron chi connectivity index (χ2n) is 8.25. The van der Waals surface area contributed by atoms with Gasteiger partial charge in [-0.2, -0.15) is 0 Å². The molecule has 0 bridgehead atoms. The smallest absolute Gasteiger partial charge is 0.0455 e. The van der Waals surface area contributed by atoms with Crippen LogP contribution in [-0.4, -0.2) is 0 Å². The molecule has 0 radical (unpaired) electrons. The van der Waals surface area contributed by atoms with Gasteiger partial charge in [0.05, 0.1) is 0 Å². The summed E-state index contributed by atoms with van der Waals surface area (Å²) in [6.07, 6.45) is 8.03. The molecule has 0 saturated heterocycles. The van der Waals surface area contributed by atoms with E-state index >= 15 is 0 Å². The lowest BCUT2D eigenvalue weighted by molar-refractivity contribution is 0.772. The van der Waals surface area contributed by atoms with Crippen LogP contribution in [0.15, 0.2) is 84.1 Å². The molecule has 0 atom stereocenters. The summed E-state index contributed by atoms with van der Waals surface area (Å²) in [7, 11) is 0. The first kappa shape index (κ1) is 19.5. The van der Waals surface area contributed by atoms with E-state index in [1.54, 1.807) is 0 Å². The van der Waals surface area contributed by atoms with Gasteiger partial charge in [0.25, 0.3) is 0 Å². The van der Waals surface area contributed by atoms with Gasteiger partial charge in [0.2, 0.25) is 0 Å². The zero-order chi connectivity index (χ0) is 20.4. The number of allylic oxidation sites excluding steroid dienone is 4. The van der Waals surface area contributed by atoms with E-state index in [1.807, 2.05) is 0 Å². The van der Waals surface area contributed by atoms with Crippen LogP contribution in [0.3, 0.4) is 0 Å². The number of rotatable bonds is 7. The molecule has 1 N–H and O–H groups in total. The minimum atomic E-state index is 0.854. The van der Waals surface area contributed by atoms with Crippen molar-refractivity contribution in [3.63, 3.8) is 0 Å². The van der Waals surface area contributed by atoms with Crippen LogP contribution >= 0.6 is 0 Å². The Labute approximate surface area is 175 Å². The Morgan fingerprint density at radius 3 is 2.62 bits per heavy atom. The second-order valence-corrected chi connectivity index (χ2v) is 8.25. The number of hydrogen-bond acceptors (Lipinski definition) is 1. The summed E-state index contributed by atoms with van der Waals surface area (Å²) in [6, 6.07) is 15.6. The van der Waals surface area contributed by atoms with Gasteiger partial charge in [0, 0.05) is 12.2 Å². The molecule has 1 nitrogen and oxygen atoms in total. The van der Waals surface area contributed by atoms with E-state index in [2.05, 4.69) is 80.9 Å². The fraction of sp³-hybridized carbons (Fsp3) is 0.286. The second kappa shape index (κ2) is 8.29. The maximum Gasteiger partial charge on any atom is 0.0455 e. The molecule has 2 aliphatic rings. The first-order chi connectivity index (χ1) is 14.1. The molecule has 0 aromatic heterocycles. The summed E-state index contributed by atoms with van der Waals surface area (Å²) >= 11 is 0. The van der Waals surface area contributed by atoms with E-state index in [1.165, 1.54) is 63.9 Å². The predicted octanol–water partition coefficient (Wildman–Crippen LogP) is 6.84. The van der Waals surface area contributed by atoms with Crippen molar-refractivity contribution < 1.29 is 0 Å². The average Bonchev–Trinajstić information content (AvgIpc) is 3.21. The van der Waals surface area contributed by atoms with E-state index in [9.17, 15) is 0 Å². The first-order valence-corrected chi connectivity index (χ1v) is 10.8. The average molecular weight is 382 g/mol. The number of hydrogen-bond donors (Lipinski definition) is 1. The van der Waals surface area contributed by atoms with Crippen molar-refractivity contribution in [2.24, 2.45) is 0 Å². The highest BCUT2D eigenvalue weighted by Gasteiger charge is 2.26. The van der Waals surface area contributed by atoms with Gasteiger partial charge in [-0.3, -0.25) is 0 Å². The number of benzene rings is 2. The molecule has 4 rings (SSSR count). The number of aryl methyl sites for hydroxylation is 3. The molecule has 0 fully saturated rings. The van der Waals surface area contributed by atoms with Gasteiger partial charge in [-0.05, 0) is 96.1 Å². The largest absolute Gasteiger partial charge is 0.380 e. The molecule has 2 aromatic rings. The molecule has 2 aliphatic carbocycles. The molecule has 1 heteroatoms. The Balaban J connectivity index is 1.45. The molecule has 0 aliphatic heterocycles. The molecule has 2 aromatic carbocycles. The standard InChI is InChI=1S/C28H31N/c1-5-23(26-12-7-6-9-19(26)2)15-16-27-20(3)21(4)28(27)29-18-22-13-14-24-10-8-11-25(24)17-22/h5-7,9,12-14,17,29H,3-4,8,10-11,15-16,18H2,1-2H3/b23-5-. The van der Waals surface area contributed by atoms with Crippen molar-refractivity contribution in [2.75, 3.05) is 0 Å². The van der Waals surface area contributed by atoms with Crippen LogP contribution in [-0.2, 0) is 19.4 Å². The Kier molecular flexibility index (Phi) is 5.58. The fourth-order valence-electron chi connectivity index (χ4n) is 4.65. The quantitative estimate of drug-likeness (QED) is 0.554. The number of nitrogens with one attached hydrogen (secondary N) is 1. The van der Waals surface area contributed by atoms with Crippen LogP contribution < -0.4 is 5.32 Å². The molecule has 0 spiro atoms. The molecular weight excluding hydrogens is 350 g/mol. The predicted molar refractivity (Wildman–Crippen MR) is 125 cm³/mol. The van der Waals surface area contributed by atoms with E-state index < -0.39 is 0 Å². The maximum absolute atomic E-state index is 4.25. The maximum atomic E-state index is 4.25. The number of fused-ring (bicyclic) bond motifs is 1. The zero-order valence-corrected chi connectivity index (χ0v) is 17.8.